The van der Waals surface area contributed by atoms with Crippen LogP contribution in [0.25, 0.3) is 0 Å². The maximum absolute atomic E-state index is 5.45. The average molecular weight is 271 g/mol. The van der Waals surface area contributed by atoms with Gasteiger partial charge in [0.25, 0.3) is 0 Å². The molecule has 0 saturated carbocycles. The molecule has 1 aromatic heterocycles. The second-order valence-electron chi connectivity index (χ2n) is 6.07. The van der Waals surface area contributed by atoms with Gasteiger partial charge in [0, 0.05) is 6.42 Å². The van der Waals surface area contributed by atoms with Crippen molar-refractivity contribution in [2.45, 2.75) is 32.1 Å². The number of hydrogen-bond donors (Lipinski definition) is 1. The summed E-state index contributed by atoms with van der Waals surface area (Å²) in [4.78, 5) is 4.62. The van der Waals surface area contributed by atoms with Gasteiger partial charge in [-0.1, -0.05) is 35.5 Å². The fourth-order valence-corrected chi connectivity index (χ4v) is 2.71. The summed E-state index contributed by atoms with van der Waals surface area (Å²) in [5.41, 5.74) is 0.978. The molecule has 1 aliphatic heterocycles. The van der Waals surface area contributed by atoms with Gasteiger partial charge in [0.2, 0.25) is 5.89 Å². The molecule has 1 saturated heterocycles. The number of nitrogens with one attached hydrogen (secondary N) is 1. The summed E-state index contributed by atoms with van der Waals surface area (Å²) in [6.45, 7) is 6.42. The lowest BCUT2D eigenvalue weighted by molar-refractivity contribution is 0.348. The fourth-order valence-electron chi connectivity index (χ4n) is 2.71. The summed E-state index contributed by atoms with van der Waals surface area (Å²) in [6.07, 6.45) is 2.07. The Hall–Kier alpha value is -1.68. The predicted molar refractivity (Wildman–Crippen MR) is 77.5 cm³/mol. The Morgan fingerprint density at radius 3 is 2.80 bits per heavy atom. The molecule has 4 heteroatoms. The Kier molecular flexibility index (Phi) is 3.57. The Bertz CT molecular complexity index is 556. The van der Waals surface area contributed by atoms with Gasteiger partial charge in [-0.15, -0.1) is 0 Å². The first-order valence-corrected chi connectivity index (χ1v) is 7.25. The number of benzene rings is 1. The van der Waals surface area contributed by atoms with Gasteiger partial charge in [0.05, 0.1) is 5.41 Å². The molecule has 0 spiro atoms. The van der Waals surface area contributed by atoms with Gasteiger partial charge < -0.3 is 9.84 Å². The van der Waals surface area contributed by atoms with Crippen LogP contribution in [0.15, 0.2) is 34.9 Å². The first-order valence-electron chi connectivity index (χ1n) is 7.25. The fraction of sp³-hybridized carbons (Fsp3) is 0.500. The minimum absolute atomic E-state index is 0.225. The molecule has 1 fully saturated rings. The van der Waals surface area contributed by atoms with Crippen molar-refractivity contribution in [1.82, 2.24) is 15.5 Å². The van der Waals surface area contributed by atoms with Gasteiger partial charge in [0.15, 0.2) is 5.82 Å². The normalized spacial score (nSPS) is 19.4. The van der Waals surface area contributed by atoms with Crippen molar-refractivity contribution in [2.75, 3.05) is 13.1 Å². The lowest BCUT2D eigenvalue weighted by Gasteiger charge is -2.20. The van der Waals surface area contributed by atoms with Gasteiger partial charge in [-0.2, -0.15) is 4.98 Å². The van der Waals surface area contributed by atoms with E-state index in [4.69, 9.17) is 4.52 Å². The van der Waals surface area contributed by atoms with Crippen LogP contribution >= 0.6 is 0 Å². The molecule has 0 aliphatic carbocycles. The first kappa shape index (κ1) is 13.3. The van der Waals surface area contributed by atoms with Crippen molar-refractivity contribution in [3.8, 4) is 0 Å². The summed E-state index contributed by atoms with van der Waals surface area (Å²) < 4.78 is 5.45. The molecule has 3 rings (SSSR count). The Morgan fingerprint density at radius 1 is 1.30 bits per heavy atom. The predicted octanol–water partition coefficient (Wildman–Crippen LogP) is 2.55. The Balaban J connectivity index is 1.78. The largest absolute Gasteiger partial charge is 0.339 e. The van der Waals surface area contributed by atoms with Crippen LogP contribution in [-0.2, 0) is 11.8 Å². The lowest BCUT2D eigenvalue weighted by atomic mass is 9.84. The molecule has 0 amide bonds. The zero-order valence-corrected chi connectivity index (χ0v) is 12.1. The van der Waals surface area contributed by atoms with E-state index in [2.05, 4.69) is 41.4 Å². The number of nitrogens with zero attached hydrogens (tertiary/aromatic N) is 2. The second kappa shape index (κ2) is 5.37. The molecule has 106 valence electrons. The molecule has 20 heavy (non-hydrogen) atoms. The summed E-state index contributed by atoms with van der Waals surface area (Å²) in [5.74, 6) is 2.16. The highest BCUT2D eigenvalue weighted by atomic mass is 16.5. The Labute approximate surface area is 119 Å². The van der Waals surface area contributed by atoms with E-state index in [0.29, 0.717) is 5.92 Å². The van der Waals surface area contributed by atoms with Crippen LogP contribution < -0.4 is 5.32 Å². The summed E-state index contributed by atoms with van der Waals surface area (Å²) >= 11 is 0. The van der Waals surface area contributed by atoms with E-state index in [1.54, 1.807) is 0 Å². The van der Waals surface area contributed by atoms with Crippen LogP contribution in [-0.4, -0.2) is 23.2 Å². The maximum Gasteiger partial charge on any atom is 0.227 e. The van der Waals surface area contributed by atoms with Crippen LogP contribution in [0.3, 0.4) is 0 Å². The molecule has 1 atom stereocenters. The highest BCUT2D eigenvalue weighted by Gasteiger charge is 2.29. The van der Waals surface area contributed by atoms with E-state index >= 15 is 0 Å². The van der Waals surface area contributed by atoms with Crippen molar-refractivity contribution < 1.29 is 4.52 Å². The SMILES string of the molecule is CC(C)(c1ccccc1)c1noc(CC2CCNC2)n1. The average Bonchev–Trinajstić information content (AvgIpc) is 3.12. The third kappa shape index (κ3) is 2.61. The topological polar surface area (TPSA) is 51.0 Å². The van der Waals surface area contributed by atoms with Crippen molar-refractivity contribution in [1.29, 1.82) is 0 Å². The van der Waals surface area contributed by atoms with Crippen LogP contribution in [0.5, 0.6) is 0 Å². The molecule has 1 aromatic carbocycles. The molecular weight excluding hydrogens is 250 g/mol. The van der Waals surface area contributed by atoms with Gasteiger partial charge in [-0.05, 0) is 44.8 Å². The lowest BCUT2D eigenvalue weighted by Crippen LogP contribution is -2.20. The van der Waals surface area contributed by atoms with Gasteiger partial charge in [0.1, 0.15) is 0 Å². The van der Waals surface area contributed by atoms with E-state index in [9.17, 15) is 0 Å². The van der Waals surface area contributed by atoms with Crippen LogP contribution in [0.1, 0.15) is 37.5 Å². The quantitative estimate of drug-likeness (QED) is 0.928. The molecular formula is C16H21N3O. The third-order valence-corrected chi connectivity index (χ3v) is 4.15. The van der Waals surface area contributed by atoms with E-state index in [-0.39, 0.29) is 5.41 Å². The van der Waals surface area contributed by atoms with Gasteiger partial charge in [-0.25, -0.2) is 0 Å². The zero-order valence-electron chi connectivity index (χ0n) is 12.1. The smallest absolute Gasteiger partial charge is 0.227 e. The van der Waals surface area contributed by atoms with Crippen molar-refractivity contribution >= 4 is 0 Å². The molecule has 4 nitrogen and oxygen atoms in total. The first-order chi connectivity index (χ1) is 9.66. The molecule has 0 bridgehead atoms. The monoisotopic (exact) mass is 271 g/mol. The van der Waals surface area contributed by atoms with Gasteiger partial charge >= 0.3 is 0 Å². The van der Waals surface area contributed by atoms with Crippen molar-refractivity contribution in [3.05, 3.63) is 47.6 Å². The van der Waals surface area contributed by atoms with E-state index in [0.717, 1.165) is 31.2 Å². The number of rotatable bonds is 4. The molecule has 2 aromatic rings. The summed E-state index contributed by atoms with van der Waals surface area (Å²) in [6, 6.07) is 10.3. The van der Waals surface area contributed by atoms with E-state index in [1.807, 2.05) is 18.2 Å². The number of hydrogen-bond acceptors (Lipinski definition) is 4. The molecule has 0 radical (unpaired) electrons. The molecule has 1 unspecified atom stereocenters. The Morgan fingerprint density at radius 2 is 2.10 bits per heavy atom. The van der Waals surface area contributed by atoms with Crippen LogP contribution in [0.2, 0.25) is 0 Å². The second-order valence-corrected chi connectivity index (χ2v) is 6.07. The molecule has 1 aliphatic rings. The standard InChI is InChI=1S/C16H21N3O/c1-16(2,13-6-4-3-5-7-13)15-18-14(20-19-15)10-12-8-9-17-11-12/h3-7,12,17H,8-11H2,1-2H3. The number of aromatic nitrogens is 2. The minimum atomic E-state index is -0.225. The molecule has 2 heterocycles. The summed E-state index contributed by atoms with van der Waals surface area (Å²) in [7, 11) is 0. The zero-order chi connectivity index (χ0) is 14.0. The third-order valence-electron chi connectivity index (χ3n) is 4.15. The summed E-state index contributed by atoms with van der Waals surface area (Å²) in [5, 5.41) is 7.57. The molecule has 1 N–H and O–H groups in total. The van der Waals surface area contributed by atoms with Crippen molar-refractivity contribution in [3.63, 3.8) is 0 Å². The van der Waals surface area contributed by atoms with E-state index in [1.165, 1.54) is 12.0 Å². The highest BCUT2D eigenvalue weighted by molar-refractivity contribution is 5.30. The van der Waals surface area contributed by atoms with Crippen molar-refractivity contribution in [2.24, 2.45) is 5.92 Å². The van der Waals surface area contributed by atoms with E-state index < -0.39 is 0 Å². The maximum atomic E-state index is 5.45. The van der Waals surface area contributed by atoms with Gasteiger partial charge in [-0.3, -0.25) is 0 Å². The highest BCUT2D eigenvalue weighted by Crippen LogP contribution is 2.29. The van der Waals surface area contributed by atoms with Crippen LogP contribution in [0.4, 0.5) is 0 Å². The van der Waals surface area contributed by atoms with Crippen LogP contribution in [0, 0.1) is 5.92 Å². The minimum Gasteiger partial charge on any atom is -0.339 e.